The van der Waals surface area contributed by atoms with E-state index in [1.165, 1.54) is 21.6 Å². The van der Waals surface area contributed by atoms with Gasteiger partial charge >= 0.3 is 0 Å². The van der Waals surface area contributed by atoms with Crippen molar-refractivity contribution >= 4 is 50.2 Å². The predicted molar refractivity (Wildman–Crippen MR) is 255 cm³/mol. The second-order valence-corrected chi connectivity index (χ2v) is 18.2. The number of fused-ring (bicyclic) bond motifs is 8. The summed E-state index contributed by atoms with van der Waals surface area (Å²) in [6.45, 7) is 4.60. The average Bonchev–Trinajstić information content (AvgIpc) is 3.87. The van der Waals surface area contributed by atoms with Gasteiger partial charge < -0.3 is 4.42 Å². The molecule has 0 fully saturated rings. The Kier molecular flexibility index (Phi) is 8.58. The van der Waals surface area contributed by atoms with Gasteiger partial charge in [0.2, 0.25) is 0 Å². The molecule has 9 aromatic rings. The van der Waals surface area contributed by atoms with Crippen LogP contribution in [0.3, 0.4) is 0 Å². The van der Waals surface area contributed by atoms with Crippen LogP contribution >= 0.6 is 11.8 Å². The van der Waals surface area contributed by atoms with Crippen LogP contribution < -0.4 is 0 Å². The molecule has 6 heteroatoms. The van der Waals surface area contributed by atoms with Gasteiger partial charge in [-0.1, -0.05) is 177 Å². The van der Waals surface area contributed by atoms with Crippen LogP contribution in [0.15, 0.2) is 197 Å². The smallest absolute Gasteiger partial charge is 0.163 e. The maximum atomic E-state index is 6.65. The lowest BCUT2D eigenvalue weighted by atomic mass is 9.76. The third kappa shape index (κ3) is 5.93. The number of furan rings is 1. The molecule has 4 atom stereocenters. The molecule has 12 rings (SSSR count). The molecule has 6 aromatic carbocycles. The van der Waals surface area contributed by atoms with Gasteiger partial charge in [0.1, 0.15) is 17.1 Å². The second-order valence-electron chi connectivity index (χ2n) is 16.7. The number of thioether (sulfide) groups is 1. The molecule has 0 N–H and O–H groups in total. The van der Waals surface area contributed by atoms with Gasteiger partial charge in [0.15, 0.2) is 17.2 Å². The molecule has 4 heterocycles. The molecule has 0 spiro atoms. The summed E-state index contributed by atoms with van der Waals surface area (Å²) in [5.74, 6) is 2.61. The Bertz CT molecular complexity index is 3380. The van der Waals surface area contributed by atoms with Crippen LogP contribution in [0.25, 0.3) is 83.6 Å². The van der Waals surface area contributed by atoms with Gasteiger partial charge in [0.05, 0.1) is 10.3 Å². The van der Waals surface area contributed by atoms with Crippen LogP contribution in [-0.4, -0.2) is 24.7 Å². The highest BCUT2D eigenvalue weighted by molar-refractivity contribution is 8.01. The van der Waals surface area contributed by atoms with E-state index in [0.717, 1.165) is 72.2 Å². The second kappa shape index (κ2) is 14.5. The minimum atomic E-state index is -0.125. The number of para-hydroxylation sites is 2. The van der Waals surface area contributed by atoms with Gasteiger partial charge in [0, 0.05) is 55.1 Å². The summed E-state index contributed by atoms with van der Waals surface area (Å²) in [6, 6.07) is 51.2. The maximum absolute atomic E-state index is 6.65. The number of pyridine rings is 1. The first-order valence-corrected chi connectivity index (χ1v) is 22.1. The summed E-state index contributed by atoms with van der Waals surface area (Å²) >= 11 is 1.96. The van der Waals surface area contributed by atoms with Crippen molar-refractivity contribution in [3.8, 4) is 45.2 Å². The van der Waals surface area contributed by atoms with E-state index in [-0.39, 0.29) is 16.6 Å². The molecule has 0 radical (unpaired) electrons. The van der Waals surface area contributed by atoms with E-state index >= 15 is 0 Å². The Morgan fingerprint density at radius 2 is 1.29 bits per heavy atom. The summed E-state index contributed by atoms with van der Waals surface area (Å²) in [7, 11) is 0. The van der Waals surface area contributed by atoms with E-state index in [1.807, 2.05) is 30.0 Å². The first-order chi connectivity index (χ1) is 30.5. The molecular formula is C56H40N4OS. The van der Waals surface area contributed by atoms with Crippen LogP contribution in [0.1, 0.15) is 42.6 Å². The molecule has 0 bridgehead atoms. The number of benzene rings is 6. The van der Waals surface area contributed by atoms with Gasteiger partial charge in [-0.3, -0.25) is 0 Å². The van der Waals surface area contributed by atoms with Gasteiger partial charge in [-0.2, -0.15) is 0 Å². The number of hydrogen-bond donors (Lipinski definition) is 0. The van der Waals surface area contributed by atoms with Crippen molar-refractivity contribution in [2.24, 2.45) is 5.92 Å². The van der Waals surface area contributed by atoms with Crippen LogP contribution in [0.4, 0.5) is 0 Å². The zero-order valence-corrected chi connectivity index (χ0v) is 35.1. The summed E-state index contributed by atoms with van der Waals surface area (Å²) in [5, 5.41) is 3.21. The van der Waals surface area contributed by atoms with Gasteiger partial charge in [-0.15, -0.1) is 11.8 Å². The van der Waals surface area contributed by atoms with E-state index < -0.39 is 0 Å². The highest BCUT2D eigenvalue weighted by Crippen LogP contribution is 2.60. The molecule has 0 amide bonds. The molecule has 62 heavy (non-hydrogen) atoms. The third-order valence-corrected chi connectivity index (χ3v) is 14.4. The molecule has 2 aliphatic carbocycles. The molecule has 1 aliphatic heterocycles. The first kappa shape index (κ1) is 36.7. The lowest BCUT2D eigenvalue weighted by Crippen LogP contribution is -2.27. The van der Waals surface area contributed by atoms with Crippen LogP contribution in [0.5, 0.6) is 0 Å². The summed E-state index contributed by atoms with van der Waals surface area (Å²) in [5.41, 5.74) is 12.3. The molecular weight excluding hydrogens is 777 g/mol. The summed E-state index contributed by atoms with van der Waals surface area (Å²) < 4.78 is 6.52. The van der Waals surface area contributed by atoms with Crippen molar-refractivity contribution < 1.29 is 4.42 Å². The largest absolute Gasteiger partial charge is 0.454 e. The van der Waals surface area contributed by atoms with E-state index in [1.54, 1.807) is 0 Å². The summed E-state index contributed by atoms with van der Waals surface area (Å²) in [6.07, 6.45) is 15.5. The molecule has 5 nitrogen and oxygen atoms in total. The van der Waals surface area contributed by atoms with E-state index in [4.69, 9.17) is 24.4 Å². The maximum Gasteiger partial charge on any atom is 0.163 e. The van der Waals surface area contributed by atoms with Crippen molar-refractivity contribution in [1.82, 2.24) is 19.9 Å². The fourth-order valence-corrected chi connectivity index (χ4v) is 11.3. The fourth-order valence-electron chi connectivity index (χ4n) is 9.74. The Hall–Kier alpha value is -7.15. The quantitative estimate of drug-likeness (QED) is 0.167. The highest BCUT2D eigenvalue weighted by Gasteiger charge is 2.46. The number of aromatic nitrogens is 4. The van der Waals surface area contributed by atoms with Crippen molar-refractivity contribution in [3.63, 3.8) is 0 Å². The topological polar surface area (TPSA) is 64.7 Å². The van der Waals surface area contributed by atoms with Crippen molar-refractivity contribution in [2.75, 3.05) is 0 Å². The SMILES string of the molecule is CC1C=CC=CC1c1nc(-c2ccc(-c3nc4c(-c5ccccc5)cccc4c4c3oc3ccccc34)cc2)nc(-c2cccc(C3=CC=CC4c5ccccc5SC34C)c2)n1. The van der Waals surface area contributed by atoms with E-state index in [0.29, 0.717) is 17.6 Å². The van der Waals surface area contributed by atoms with Crippen molar-refractivity contribution in [3.05, 3.63) is 205 Å². The molecule has 3 aliphatic rings. The lowest BCUT2D eigenvalue weighted by molar-refractivity contribution is 0.600. The first-order valence-electron chi connectivity index (χ1n) is 21.3. The van der Waals surface area contributed by atoms with Crippen LogP contribution in [-0.2, 0) is 0 Å². The molecule has 0 saturated carbocycles. The van der Waals surface area contributed by atoms with Crippen molar-refractivity contribution in [2.45, 2.75) is 35.3 Å². The van der Waals surface area contributed by atoms with Gasteiger partial charge in [0.25, 0.3) is 0 Å². The molecule has 4 unspecified atom stereocenters. The number of allylic oxidation sites excluding steroid dienone is 7. The highest BCUT2D eigenvalue weighted by atomic mass is 32.2. The van der Waals surface area contributed by atoms with Crippen molar-refractivity contribution in [1.29, 1.82) is 0 Å². The van der Waals surface area contributed by atoms with Crippen LogP contribution in [0, 0.1) is 5.92 Å². The average molecular weight is 817 g/mol. The minimum absolute atomic E-state index is 0.0178. The zero-order chi connectivity index (χ0) is 41.4. The molecule has 0 saturated heterocycles. The van der Waals surface area contributed by atoms with Gasteiger partial charge in [-0.25, -0.2) is 19.9 Å². The Labute approximate surface area is 364 Å². The lowest BCUT2D eigenvalue weighted by Gasteiger charge is -2.34. The fraction of sp³-hybridized carbons (Fsp3) is 0.107. The number of hydrogen-bond acceptors (Lipinski definition) is 6. The minimum Gasteiger partial charge on any atom is -0.454 e. The van der Waals surface area contributed by atoms with E-state index in [9.17, 15) is 0 Å². The Morgan fingerprint density at radius 1 is 0.581 bits per heavy atom. The normalized spacial score (nSPS) is 20.2. The summed E-state index contributed by atoms with van der Waals surface area (Å²) in [4.78, 5) is 22.4. The third-order valence-electron chi connectivity index (χ3n) is 12.9. The standard InChI is InChI=1S/C56H40N4OS/c1-34-15-6-7-20-40(34)55-59-53(58-54(60-55)39-19-12-18-38(33-39)45-25-14-26-46-42-21-9-11-28-48(42)62-56(45,46)2)37-31-29-36(30-32-37)50-52-49(43-22-8-10-27-47(43)61-52)44-24-13-23-41(51(44)57-50)35-16-4-3-5-17-35/h3-34,40,46H,1-2H3. The monoisotopic (exact) mass is 816 g/mol. The molecule has 3 aromatic heterocycles. The Morgan fingerprint density at radius 3 is 2.16 bits per heavy atom. The number of nitrogens with zero attached hydrogens (tertiary/aromatic N) is 4. The zero-order valence-electron chi connectivity index (χ0n) is 34.2. The molecule has 296 valence electrons. The predicted octanol–water partition coefficient (Wildman–Crippen LogP) is 14.4. The van der Waals surface area contributed by atoms with Crippen LogP contribution in [0.2, 0.25) is 0 Å². The Balaban J connectivity index is 0.971. The number of rotatable bonds is 6. The van der Waals surface area contributed by atoms with Gasteiger partial charge in [-0.05, 0) is 53.3 Å². The van der Waals surface area contributed by atoms with E-state index in [2.05, 4.69) is 184 Å².